The molecule has 1 saturated carbocycles. The molecule has 0 saturated heterocycles. The third kappa shape index (κ3) is 1.72. The van der Waals surface area contributed by atoms with Crippen molar-refractivity contribution in [1.82, 2.24) is 0 Å². The van der Waals surface area contributed by atoms with Gasteiger partial charge in [0.05, 0.1) is 8.07 Å². The third-order valence-electron chi connectivity index (χ3n) is 7.42. The Morgan fingerprint density at radius 3 is 2.48 bits per heavy atom. The van der Waals surface area contributed by atoms with E-state index in [4.69, 9.17) is 0 Å². The minimum atomic E-state index is -1.42. The topological polar surface area (TPSA) is 0 Å². The highest BCUT2D eigenvalue weighted by Crippen LogP contribution is 2.64. The normalized spacial score (nSPS) is 34.0. The quantitative estimate of drug-likeness (QED) is 0.654. The van der Waals surface area contributed by atoms with Gasteiger partial charge in [0.2, 0.25) is 0 Å². The molecule has 0 amide bonds. The van der Waals surface area contributed by atoms with E-state index in [0.717, 1.165) is 22.9 Å². The van der Waals surface area contributed by atoms with E-state index < -0.39 is 8.07 Å². The molecule has 5 rings (SSSR count). The average Bonchev–Trinajstić information content (AvgIpc) is 3.26. The first-order valence-corrected chi connectivity index (χ1v) is 11.7. The summed E-state index contributed by atoms with van der Waals surface area (Å²) >= 11 is 0. The molecule has 1 heteroatoms. The van der Waals surface area contributed by atoms with Crippen molar-refractivity contribution in [3.05, 3.63) is 65.2 Å². The highest BCUT2D eigenvalue weighted by Gasteiger charge is 2.57. The molecule has 2 aromatic carbocycles. The zero-order chi connectivity index (χ0) is 15.6. The molecule has 3 aliphatic rings. The molecule has 0 N–H and O–H groups in total. The number of fused-ring (bicyclic) bond motifs is 6. The fraction of sp³-hybridized carbons (Fsp3) is 0.455. The predicted octanol–water partition coefficient (Wildman–Crippen LogP) is 5.35. The van der Waals surface area contributed by atoms with Gasteiger partial charge in [-0.15, -0.1) is 0 Å². The van der Waals surface area contributed by atoms with Gasteiger partial charge in [-0.25, -0.2) is 0 Å². The van der Waals surface area contributed by atoms with Gasteiger partial charge in [-0.05, 0) is 64.9 Å². The SMILES string of the molecule is CC(C)[Si@]1([C@@H]2C[C@@H]3C[C@H]2c2ccccc23)CCc2ccccc21. The maximum absolute atomic E-state index is 2.53. The molecular weight excluding hydrogens is 292 g/mol. The number of rotatable bonds is 2. The summed E-state index contributed by atoms with van der Waals surface area (Å²) in [5.41, 5.74) is 6.93. The summed E-state index contributed by atoms with van der Waals surface area (Å²) in [5, 5.41) is 1.82. The van der Waals surface area contributed by atoms with Crippen LogP contribution in [0.4, 0.5) is 0 Å². The van der Waals surface area contributed by atoms with Gasteiger partial charge in [0, 0.05) is 0 Å². The van der Waals surface area contributed by atoms with Crippen molar-refractivity contribution < 1.29 is 0 Å². The molecule has 0 radical (unpaired) electrons. The number of aryl methyl sites for hydroxylation is 1. The molecule has 1 aliphatic heterocycles. The Bertz CT molecular complexity index is 762. The Labute approximate surface area is 141 Å². The van der Waals surface area contributed by atoms with Crippen LogP contribution in [-0.4, -0.2) is 8.07 Å². The summed E-state index contributed by atoms with van der Waals surface area (Å²) in [6.45, 7) is 5.07. The van der Waals surface area contributed by atoms with Crippen LogP contribution in [0.15, 0.2) is 48.5 Å². The third-order valence-corrected chi connectivity index (χ3v) is 14.0. The van der Waals surface area contributed by atoms with Crippen molar-refractivity contribution in [1.29, 1.82) is 0 Å². The van der Waals surface area contributed by atoms with Crippen LogP contribution in [0.25, 0.3) is 0 Å². The molecule has 4 atom stereocenters. The van der Waals surface area contributed by atoms with Gasteiger partial charge in [-0.2, -0.15) is 0 Å². The highest BCUT2D eigenvalue weighted by molar-refractivity contribution is 6.95. The minimum absolute atomic E-state index is 0.858. The van der Waals surface area contributed by atoms with Crippen molar-refractivity contribution in [2.24, 2.45) is 0 Å². The van der Waals surface area contributed by atoms with E-state index in [-0.39, 0.29) is 0 Å². The largest absolute Gasteiger partial charge is 0.0935 e. The van der Waals surface area contributed by atoms with Crippen LogP contribution < -0.4 is 5.19 Å². The highest BCUT2D eigenvalue weighted by atomic mass is 28.3. The van der Waals surface area contributed by atoms with Crippen LogP contribution in [0.2, 0.25) is 17.1 Å². The van der Waals surface area contributed by atoms with Crippen LogP contribution in [-0.2, 0) is 6.42 Å². The van der Waals surface area contributed by atoms with Crippen LogP contribution >= 0.6 is 0 Å². The molecule has 118 valence electrons. The molecule has 23 heavy (non-hydrogen) atoms. The molecular formula is C22H26Si. The lowest BCUT2D eigenvalue weighted by molar-refractivity contribution is 0.674. The van der Waals surface area contributed by atoms with Crippen molar-refractivity contribution >= 4 is 13.3 Å². The van der Waals surface area contributed by atoms with E-state index in [1.54, 1.807) is 16.7 Å². The molecule has 2 bridgehead atoms. The van der Waals surface area contributed by atoms with E-state index in [1.165, 1.54) is 25.3 Å². The lowest BCUT2D eigenvalue weighted by atomic mass is 9.91. The van der Waals surface area contributed by atoms with Crippen molar-refractivity contribution in [2.45, 2.75) is 62.1 Å². The van der Waals surface area contributed by atoms with Crippen molar-refractivity contribution in [3.8, 4) is 0 Å². The first kappa shape index (κ1) is 14.0. The number of hydrogen-bond donors (Lipinski definition) is 0. The Hall–Kier alpha value is -1.34. The van der Waals surface area contributed by atoms with Gasteiger partial charge in [0.15, 0.2) is 0 Å². The fourth-order valence-corrected chi connectivity index (χ4v) is 13.2. The van der Waals surface area contributed by atoms with Crippen LogP contribution in [0.5, 0.6) is 0 Å². The second-order valence-electron chi connectivity index (χ2n) is 8.36. The molecule has 0 aromatic heterocycles. The molecule has 1 fully saturated rings. The molecule has 0 spiro atoms. The zero-order valence-electron chi connectivity index (χ0n) is 14.3. The summed E-state index contributed by atoms with van der Waals surface area (Å²) in [6.07, 6.45) is 4.25. The lowest BCUT2D eigenvalue weighted by Gasteiger charge is -2.43. The minimum Gasteiger partial charge on any atom is -0.0648 e. The Balaban J connectivity index is 1.64. The predicted molar refractivity (Wildman–Crippen MR) is 100 cm³/mol. The summed E-state index contributed by atoms with van der Waals surface area (Å²) in [6, 6.07) is 20.3. The van der Waals surface area contributed by atoms with E-state index >= 15 is 0 Å². The molecule has 0 nitrogen and oxygen atoms in total. The standard InChI is InChI=1S/C22H26Si/c1-15(2)23(12-11-16-7-3-6-10-21(16)23)22-14-17-13-20(22)19-9-5-4-8-18(17)19/h3-10,15,17,20,22H,11-14H2,1-2H3/t17-,20-,22+,23+/m0/s1. The first-order valence-electron chi connectivity index (χ1n) is 9.39. The van der Waals surface area contributed by atoms with Gasteiger partial charge in [0.1, 0.15) is 0 Å². The molecule has 2 aliphatic carbocycles. The Morgan fingerprint density at radius 1 is 0.913 bits per heavy atom. The van der Waals surface area contributed by atoms with Crippen LogP contribution in [0, 0.1) is 0 Å². The smallest absolute Gasteiger partial charge is 0.0648 e. The maximum Gasteiger partial charge on any atom is 0.0935 e. The number of hydrogen-bond acceptors (Lipinski definition) is 0. The molecule has 2 aromatic rings. The van der Waals surface area contributed by atoms with Gasteiger partial charge >= 0.3 is 0 Å². The zero-order valence-corrected chi connectivity index (χ0v) is 15.3. The maximum atomic E-state index is 2.53. The lowest BCUT2D eigenvalue weighted by Crippen LogP contribution is -2.53. The van der Waals surface area contributed by atoms with Gasteiger partial charge in [0.25, 0.3) is 0 Å². The van der Waals surface area contributed by atoms with Gasteiger partial charge < -0.3 is 0 Å². The average molecular weight is 319 g/mol. The Kier molecular flexibility index (Phi) is 2.95. The second-order valence-corrected chi connectivity index (χ2v) is 13.4. The van der Waals surface area contributed by atoms with E-state index in [9.17, 15) is 0 Å². The number of benzene rings is 2. The monoisotopic (exact) mass is 318 g/mol. The summed E-state index contributed by atoms with van der Waals surface area (Å²) in [4.78, 5) is 0. The Morgan fingerprint density at radius 2 is 1.65 bits per heavy atom. The summed E-state index contributed by atoms with van der Waals surface area (Å²) in [7, 11) is -1.42. The van der Waals surface area contributed by atoms with E-state index in [0.29, 0.717) is 0 Å². The fourth-order valence-electron chi connectivity index (χ4n) is 6.51. The summed E-state index contributed by atoms with van der Waals surface area (Å²) in [5.74, 6) is 1.72. The van der Waals surface area contributed by atoms with Crippen molar-refractivity contribution in [2.75, 3.05) is 0 Å². The second kappa shape index (κ2) is 4.83. The van der Waals surface area contributed by atoms with Crippen molar-refractivity contribution in [3.63, 3.8) is 0 Å². The van der Waals surface area contributed by atoms with Crippen LogP contribution in [0.1, 0.15) is 55.2 Å². The first-order chi connectivity index (χ1) is 11.2. The van der Waals surface area contributed by atoms with E-state index in [1.807, 2.05) is 5.19 Å². The molecule has 1 heterocycles. The van der Waals surface area contributed by atoms with Gasteiger partial charge in [-0.3, -0.25) is 0 Å². The van der Waals surface area contributed by atoms with Gasteiger partial charge in [-0.1, -0.05) is 67.6 Å². The van der Waals surface area contributed by atoms with E-state index in [2.05, 4.69) is 62.4 Å². The van der Waals surface area contributed by atoms with Crippen LogP contribution in [0.3, 0.4) is 0 Å². The summed E-state index contributed by atoms with van der Waals surface area (Å²) < 4.78 is 0. The molecule has 0 unspecified atom stereocenters.